The van der Waals surface area contributed by atoms with E-state index in [1.807, 2.05) is 72.4 Å². The quantitative estimate of drug-likeness (QED) is 0.170. The van der Waals surface area contributed by atoms with Gasteiger partial charge in [0.15, 0.2) is 0 Å². The number of pyridine rings is 1. The molecule has 0 aliphatic heterocycles. The van der Waals surface area contributed by atoms with E-state index in [1.54, 1.807) is 11.3 Å². The van der Waals surface area contributed by atoms with E-state index in [4.69, 9.17) is 8.83 Å². The fourth-order valence-corrected chi connectivity index (χ4v) is 6.17. The van der Waals surface area contributed by atoms with E-state index in [0.717, 1.165) is 76.8 Å². The van der Waals surface area contributed by atoms with Gasteiger partial charge in [-0.2, -0.15) is 11.3 Å². The second-order valence-electron chi connectivity index (χ2n) is 10.5. The average molecular weight is 730 g/mol. The molecular weight excluding hydrogens is 708 g/mol. The number of furan rings is 2. The van der Waals surface area contributed by atoms with Crippen LogP contribution in [-0.2, 0) is 26.5 Å². The summed E-state index contributed by atoms with van der Waals surface area (Å²) < 4.78 is 12.7. The topological polar surface area (TPSA) is 52.1 Å². The van der Waals surface area contributed by atoms with Crippen molar-refractivity contribution in [2.45, 2.75) is 19.3 Å². The Morgan fingerprint density at radius 3 is 1.83 bits per heavy atom. The molecule has 0 spiro atoms. The van der Waals surface area contributed by atoms with Crippen molar-refractivity contribution in [1.29, 1.82) is 0 Å². The molecule has 0 aliphatic carbocycles. The van der Waals surface area contributed by atoms with Crippen molar-refractivity contribution >= 4 is 55.2 Å². The predicted octanol–water partition coefficient (Wildman–Crippen LogP) is 9.59. The summed E-state index contributed by atoms with van der Waals surface area (Å²) in [5.74, 6) is 0. The average Bonchev–Trinajstić information content (AvgIpc) is 3.74. The minimum Gasteiger partial charge on any atom is -0.501 e. The molecule has 0 saturated heterocycles. The molecule has 0 saturated carbocycles. The van der Waals surface area contributed by atoms with Gasteiger partial charge in [0.05, 0.1) is 11.2 Å². The molecular formula is C35H22N2O2PtS. The van der Waals surface area contributed by atoms with Crippen molar-refractivity contribution in [2.24, 2.45) is 0 Å². The fourth-order valence-electron chi connectivity index (χ4n) is 5.54. The van der Waals surface area contributed by atoms with Crippen molar-refractivity contribution in [3.05, 3.63) is 120 Å². The number of benzene rings is 4. The third-order valence-corrected chi connectivity index (χ3v) is 8.52. The van der Waals surface area contributed by atoms with Crippen LogP contribution >= 0.6 is 11.3 Å². The molecule has 0 aliphatic rings. The van der Waals surface area contributed by atoms with Gasteiger partial charge in [0.2, 0.25) is 0 Å². The first-order chi connectivity index (χ1) is 19.6. The molecule has 4 aromatic heterocycles. The van der Waals surface area contributed by atoms with Gasteiger partial charge in [0.25, 0.3) is 0 Å². The summed E-state index contributed by atoms with van der Waals surface area (Å²) >= 11 is 1.59. The molecule has 6 heteroatoms. The predicted molar refractivity (Wildman–Crippen MR) is 162 cm³/mol. The van der Waals surface area contributed by atoms with Gasteiger partial charge in [-0.05, 0) is 29.3 Å². The Kier molecular flexibility index (Phi) is 6.18. The van der Waals surface area contributed by atoms with E-state index in [2.05, 4.69) is 60.2 Å². The van der Waals surface area contributed by atoms with Crippen LogP contribution in [0.5, 0.6) is 0 Å². The molecule has 0 fully saturated rings. The Balaban J connectivity index is 0.00000276. The molecule has 4 aromatic carbocycles. The summed E-state index contributed by atoms with van der Waals surface area (Å²) in [5, 5.41) is 7.13. The van der Waals surface area contributed by atoms with Crippen LogP contribution in [0.2, 0.25) is 0 Å². The van der Waals surface area contributed by atoms with Crippen LogP contribution in [0.3, 0.4) is 0 Å². The normalized spacial score (nSPS) is 12.0. The molecule has 4 heterocycles. The van der Waals surface area contributed by atoms with Crippen molar-refractivity contribution in [3.8, 4) is 21.8 Å². The minimum atomic E-state index is -0.464. The molecule has 41 heavy (non-hydrogen) atoms. The number of nitrogens with zero attached hydrogens (tertiary/aromatic N) is 2. The first-order valence-electron chi connectivity index (χ1n) is 13.2. The number of fused-ring (bicyclic) bond motifs is 6. The number of hydrogen-bond acceptors (Lipinski definition) is 5. The van der Waals surface area contributed by atoms with Gasteiger partial charge in [-0.1, -0.05) is 84.3 Å². The van der Waals surface area contributed by atoms with Crippen molar-refractivity contribution in [1.82, 2.24) is 9.97 Å². The Bertz CT molecular complexity index is 2200. The third kappa shape index (κ3) is 4.07. The van der Waals surface area contributed by atoms with Crippen LogP contribution < -0.4 is 0 Å². The first kappa shape index (κ1) is 25.9. The number of aromatic nitrogens is 2. The van der Waals surface area contributed by atoms with E-state index in [9.17, 15) is 0 Å². The molecule has 0 unspecified atom stereocenters. The third-order valence-electron chi connectivity index (χ3n) is 7.73. The van der Waals surface area contributed by atoms with Gasteiger partial charge in [-0.25, -0.2) is 0 Å². The second-order valence-corrected chi connectivity index (χ2v) is 11.4. The standard InChI is InChI=1S/C35H22N2O2S.Pt/c1-35(2,22-18-26-24-10-4-6-13-31(24)39-33(26)28(20-22)34-37-15-16-40-34)21-17-25-23-9-3-5-12-30(23)38-32(25)27(19-21)29-11-7-8-14-36-29;/h3-18H,1-2H3;/q-2;+2. The van der Waals surface area contributed by atoms with Crippen LogP contribution in [0.4, 0.5) is 0 Å². The summed E-state index contributed by atoms with van der Waals surface area (Å²) in [6.45, 7) is 4.45. The molecule has 0 radical (unpaired) electrons. The Morgan fingerprint density at radius 1 is 0.659 bits per heavy atom. The maximum Gasteiger partial charge on any atom is 2.00 e. The smallest absolute Gasteiger partial charge is 0.501 e. The molecule has 0 bridgehead atoms. The Morgan fingerprint density at radius 2 is 1.24 bits per heavy atom. The Hall–Kier alpha value is -4.05. The van der Waals surface area contributed by atoms with E-state index < -0.39 is 5.41 Å². The van der Waals surface area contributed by atoms with Crippen LogP contribution in [0.25, 0.3) is 65.7 Å². The van der Waals surface area contributed by atoms with E-state index in [-0.39, 0.29) is 21.1 Å². The van der Waals surface area contributed by atoms with Crippen molar-refractivity contribution in [3.63, 3.8) is 0 Å². The summed E-state index contributed by atoms with van der Waals surface area (Å²) in [5.41, 5.74) is 7.47. The van der Waals surface area contributed by atoms with Crippen LogP contribution in [-0.4, -0.2) is 9.97 Å². The molecule has 0 N–H and O–H groups in total. The molecule has 4 nitrogen and oxygen atoms in total. The number of rotatable bonds is 4. The van der Waals surface area contributed by atoms with Gasteiger partial charge in [0.1, 0.15) is 11.2 Å². The van der Waals surface area contributed by atoms with Crippen LogP contribution in [0.15, 0.2) is 105 Å². The molecule has 8 aromatic rings. The van der Waals surface area contributed by atoms with Gasteiger partial charge < -0.3 is 13.8 Å². The summed E-state index contributed by atoms with van der Waals surface area (Å²) in [7, 11) is 0. The largest absolute Gasteiger partial charge is 2.00 e. The zero-order valence-electron chi connectivity index (χ0n) is 22.2. The SMILES string of the molecule is CC(C)(c1[c-]c(-c2ccccn2)c2oc3ccccc3c2c1)c1[c-]c(-c2nccs2)c2oc3ccccc3c2c1.[Pt+2]. The molecule has 8 rings (SSSR count). The summed E-state index contributed by atoms with van der Waals surface area (Å²) in [6.07, 6.45) is 3.63. The van der Waals surface area contributed by atoms with Gasteiger partial charge in [0, 0.05) is 33.6 Å². The summed E-state index contributed by atoms with van der Waals surface area (Å²) in [6, 6.07) is 34.1. The second kappa shape index (κ2) is 9.80. The molecule has 0 atom stereocenters. The maximum absolute atomic E-state index is 6.38. The number of thiazole rings is 1. The number of hydrogen-bond donors (Lipinski definition) is 0. The Labute approximate surface area is 254 Å². The van der Waals surface area contributed by atoms with E-state index >= 15 is 0 Å². The first-order valence-corrected chi connectivity index (χ1v) is 14.0. The van der Waals surface area contributed by atoms with Gasteiger partial charge in [-0.3, -0.25) is 4.98 Å². The molecule has 0 amide bonds. The number of para-hydroxylation sites is 2. The van der Waals surface area contributed by atoms with E-state index in [0.29, 0.717) is 0 Å². The minimum absolute atomic E-state index is 0. The van der Waals surface area contributed by atoms with Crippen molar-refractivity contribution in [2.75, 3.05) is 0 Å². The molecule has 200 valence electrons. The van der Waals surface area contributed by atoms with Gasteiger partial charge in [-0.15, -0.1) is 35.4 Å². The van der Waals surface area contributed by atoms with Crippen LogP contribution in [0.1, 0.15) is 25.0 Å². The van der Waals surface area contributed by atoms with Crippen molar-refractivity contribution < 1.29 is 29.9 Å². The van der Waals surface area contributed by atoms with Gasteiger partial charge >= 0.3 is 21.1 Å². The monoisotopic (exact) mass is 729 g/mol. The van der Waals surface area contributed by atoms with Crippen LogP contribution in [0, 0.1) is 12.1 Å². The zero-order chi connectivity index (χ0) is 26.8. The maximum atomic E-state index is 6.38. The van der Waals surface area contributed by atoms with E-state index in [1.165, 1.54) is 0 Å². The summed E-state index contributed by atoms with van der Waals surface area (Å²) in [4.78, 5) is 9.29. The zero-order valence-corrected chi connectivity index (χ0v) is 25.3. The fraction of sp³-hybridized carbons (Fsp3) is 0.0857.